The largest absolute Gasteiger partial charge is 0.437 e. The molecule has 0 spiro atoms. The Kier molecular flexibility index (Phi) is 5.06. The Bertz CT molecular complexity index is 1890. The molecule has 0 aliphatic rings. The summed E-state index contributed by atoms with van der Waals surface area (Å²) < 4.78 is 7.34. The number of hydrogen-bond acceptors (Lipinski definition) is 3. The normalized spacial score (nSPS) is 11.5. The smallest absolute Gasteiger partial charge is 0.227 e. The first-order valence-corrected chi connectivity index (χ1v) is 12.8. The maximum absolute atomic E-state index is 6.10. The summed E-state index contributed by atoms with van der Waals surface area (Å²) in [4.78, 5) is 9.19. The monoisotopic (exact) mass is 574 g/mol. The van der Waals surface area contributed by atoms with E-state index >= 15 is 0 Å². The van der Waals surface area contributed by atoms with E-state index in [1.54, 1.807) is 6.20 Å². The lowest BCUT2D eigenvalue weighted by Crippen LogP contribution is -1.86. The highest BCUT2D eigenvalue weighted by molar-refractivity contribution is 14.1. The Morgan fingerprint density at radius 3 is 2.08 bits per heavy atom. The molecule has 0 bridgehead atoms. The molecule has 0 unspecified atom stereocenters. The van der Waals surface area contributed by atoms with E-state index in [1.807, 2.05) is 24.4 Å². The quantitative estimate of drug-likeness (QED) is 0.198. The van der Waals surface area contributed by atoms with Gasteiger partial charge in [0.1, 0.15) is 5.58 Å². The molecule has 0 N–H and O–H groups in total. The zero-order valence-corrected chi connectivity index (χ0v) is 21.3. The van der Waals surface area contributed by atoms with Gasteiger partial charge in [0.15, 0.2) is 0 Å². The summed E-state index contributed by atoms with van der Waals surface area (Å²) in [6.45, 7) is 0. The lowest BCUT2D eigenvalue weighted by atomic mass is 9.98. The molecule has 7 rings (SSSR count). The van der Waals surface area contributed by atoms with Crippen LogP contribution >= 0.6 is 22.6 Å². The number of rotatable bonds is 3. The molecule has 170 valence electrons. The molecule has 0 atom stereocenters. The molecule has 0 saturated heterocycles. The predicted molar refractivity (Wildman–Crippen MR) is 156 cm³/mol. The molecule has 3 heterocycles. The van der Waals surface area contributed by atoms with Crippen molar-refractivity contribution < 1.29 is 4.42 Å². The number of pyridine rings is 2. The molecule has 36 heavy (non-hydrogen) atoms. The number of furan rings is 1. The van der Waals surface area contributed by atoms with Gasteiger partial charge in [0.25, 0.3) is 0 Å². The van der Waals surface area contributed by atoms with Crippen LogP contribution in [0.3, 0.4) is 0 Å². The van der Waals surface area contributed by atoms with Gasteiger partial charge in [0.2, 0.25) is 5.71 Å². The van der Waals surface area contributed by atoms with Gasteiger partial charge in [-0.15, -0.1) is 0 Å². The number of hydrogen-bond donors (Lipinski definition) is 0. The summed E-state index contributed by atoms with van der Waals surface area (Å²) in [7, 11) is 0. The van der Waals surface area contributed by atoms with Gasteiger partial charge in [-0.2, -0.15) is 0 Å². The van der Waals surface area contributed by atoms with Gasteiger partial charge in [-0.1, -0.05) is 54.6 Å². The van der Waals surface area contributed by atoms with Crippen molar-refractivity contribution in [1.82, 2.24) is 9.97 Å². The Morgan fingerprint density at radius 1 is 0.583 bits per heavy atom. The lowest BCUT2D eigenvalue weighted by Gasteiger charge is -2.08. The maximum atomic E-state index is 6.10. The fourth-order valence-corrected chi connectivity index (χ4v) is 5.17. The standard InChI is InChI=1S/C32H19IN2O/c33-26-13-10-20(11-14-26)22-8-6-21-7-9-23(18-25(21)17-22)24-12-15-30(35-19-24)29-4-1-3-27-28-5-2-16-34-32(28)36-31(27)29/h1-19H. The minimum atomic E-state index is 0.650. The molecule has 0 radical (unpaired) electrons. The van der Waals surface area contributed by atoms with Gasteiger partial charge in [-0.3, -0.25) is 4.98 Å². The van der Waals surface area contributed by atoms with Crippen LogP contribution in [0.1, 0.15) is 0 Å². The Hall–Kier alpha value is -4.03. The zero-order valence-electron chi connectivity index (χ0n) is 19.2. The maximum Gasteiger partial charge on any atom is 0.227 e. The fraction of sp³-hybridized carbons (Fsp3) is 0. The van der Waals surface area contributed by atoms with Gasteiger partial charge < -0.3 is 4.42 Å². The van der Waals surface area contributed by atoms with Gasteiger partial charge in [-0.05, 0) is 98.6 Å². The summed E-state index contributed by atoms with van der Waals surface area (Å²) >= 11 is 2.34. The number of aromatic nitrogens is 2. The summed E-state index contributed by atoms with van der Waals surface area (Å²) in [5.41, 5.74) is 7.99. The van der Waals surface area contributed by atoms with Crippen LogP contribution in [0.5, 0.6) is 0 Å². The number of halogens is 1. The minimum Gasteiger partial charge on any atom is -0.437 e. The van der Waals surface area contributed by atoms with Crippen LogP contribution < -0.4 is 0 Å². The zero-order chi connectivity index (χ0) is 24.1. The third-order valence-corrected chi connectivity index (χ3v) is 7.38. The second-order valence-corrected chi connectivity index (χ2v) is 10.1. The van der Waals surface area contributed by atoms with Crippen molar-refractivity contribution >= 4 is 55.4 Å². The second kappa shape index (κ2) is 8.57. The average Bonchev–Trinajstić information content (AvgIpc) is 3.32. The van der Waals surface area contributed by atoms with Gasteiger partial charge in [-0.25, -0.2) is 4.98 Å². The second-order valence-electron chi connectivity index (χ2n) is 8.86. The first-order chi connectivity index (χ1) is 17.7. The molecule has 7 aromatic rings. The highest BCUT2D eigenvalue weighted by Gasteiger charge is 2.13. The van der Waals surface area contributed by atoms with Crippen LogP contribution in [0.15, 0.2) is 120 Å². The Balaban J connectivity index is 1.26. The number of para-hydroxylation sites is 1. The SMILES string of the molecule is Ic1ccc(-c2ccc3ccc(-c4ccc(-c5cccc6c5oc5ncccc56)nc4)cc3c2)cc1. The predicted octanol–water partition coefficient (Wildman–Crippen LogP) is 9.13. The highest BCUT2D eigenvalue weighted by atomic mass is 127. The van der Waals surface area contributed by atoms with E-state index in [0.29, 0.717) is 5.71 Å². The van der Waals surface area contributed by atoms with Gasteiger partial charge >= 0.3 is 0 Å². The van der Waals surface area contributed by atoms with E-state index < -0.39 is 0 Å². The lowest BCUT2D eigenvalue weighted by molar-refractivity contribution is 0.655. The first-order valence-electron chi connectivity index (χ1n) is 11.8. The van der Waals surface area contributed by atoms with Crippen LogP contribution in [0, 0.1) is 3.57 Å². The van der Waals surface area contributed by atoms with E-state index in [9.17, 15) is 0 Å². The molecule has 0 amide bonds. The molecule has 4 heteroatoms. The van der Waals surface area contributed by atoms with E-state index in [0.717, 1.165) is 38.7 Å². The van der Waals surface area contributed by atoms with Crippen LogP contribution in [-0.2, 0) is 0 Å². The number of nitrogens with zero attached hydrogens (tertiary/aromatic N) is 2. The molecular formula is C32H19IN2O. The van der Waals surface area contributed by atoms with Crippen LogP contribution in [0.2, 0.25) is 0 Å². The minimum absolute atomic E-state index is 0.650. The summed E-state index contributed by atoms with van der Waals surface area (Å²) in [5.74, 6) is 0. The van der Waals surface area contributed by atoms with Crippen molar-refractivity contribution in [3.05, 3.63) is 119 Å². The van der Waals surface area contributed by atoms with E-state index in [1.165, 1.54) is 25.5 Å². The van der Waals surface area contributed by atoms with Crippen molar-refractivity contribution in [2.24, 2.45) is 0 Å². The molecule has 3 aromatic heterocycles. The molecule has 0 fully saturated rings. The average molecular weight is 574 g/mol. The van der Waals surface area contributed by atoms with E-state index in [4.69, 9.17) is 9.40 Å². The number of benzene rings is 4. The molecule has 0 aliphatic heterocycles. The van der Waals surface area contributed by atoms with Gasteiger partial charge in [0.05, 0.1) is 5.69 Å². The van der Waals surface area contributed by atoms with Crippen molar-refractivity contribution in [1.29, 1.82) is 0 Å². The Morgan fingerprint density at radius 2 is 1.31 bits per heavy atom. The molecule has 4 aromatic carbocycles. The van der Waals surface area contributed by atoms with Crippen molar-refractivity contribution in [3.8, 4) is 33.5 Å². The molecule has 0 aliphatic carbocycles. The summed E-state index contributed by atoms with van der Waals surface area (Å²) in [6.07, 6.45) is 3.70. The van der Waals surface area contributed by atoms with Crippen LogP contribution in [0.25, 0.3) is 66.4 Å². The van der Waals surface area contributed by atoms with Crippen molar-refractivity contribution in [2.45, 2.75) is 0 Å². The topological polar surface area (TPSA) is 38.9 Å². The van der Waals surface area contributed by atoms with Gasteiger partial charge in [0, 0.05) is 37.9 Å². The Labute approximate surface area is 221 Å². The first kappa shape index (κ1) is 21.3. The highest BCUT2D eigenvalue weighted by Crippen LogP contribution is 2.35. The van der Waals surface area contributed by atoms with Crippen molar-refractivity contribution in [3.63, 3.8) is 0 Å². The molecular weight excluding hydrogens is 555 g/mol. The fourth-order valence-electron chi connectivity index (χ4n) is 4.81. The molecule has 3 nitrogen and oxygen atoms in total. The number of fused-ring (bicyclic) bond motifs is 4. The van der Waals surface area contributed by atoms with Crippen molar-refractivity contribution in [2.75, 3.05) is 0 Å². The molecule has 0 saturated carbocycles. The van der Waals surface area contributed by atoms with Crippen LogP contribution in [0.4, 0.5) is 0 Å². The summed E-state index contributed by atoms with van der Waals surface area (Å²) in [6, 6.07) is 36.2. The van der Waals surface area contributed by atoms with E-state index in [-0.39, 0.29) is 0 Å². The third-order valence-electron chi connectivity index (χ3n) is 6.67. The summed E-state index contributed by atoms with van der Waals surface area (Å²) in [5, 5.41) is 4.52. The van der Waals surface area contributed by atoms with E-state index in [2.05, 4.69) is 113 Å². The van der Waals surface area contributed by atoms with Crippen LogP contribution in [-0.4, -0.2) is 9.97 Å². The third kappa shape index (κ3) is 3.65.